The van der Waals surface area contributed by atoms with E-state index in [1.165, 1.54) is 18.2 Å². The summed E-state index contributed by atoms with van der Waals surface area (Å²) in [5.41, 5.74) is 3.26. The molecule has 10 heteroatoms. The molecule has 180 valence electrons. The van der Waals surface area contributed by atoms with Crippen LogP contribution in [0.2, 0.25) is 10.2 Å². The molecule has 4 rings (SSSR count). The van der Waals surface area contributed by atoms with Crippen molar-refractivity contribution in [2.24, 2.45) is 0 Å². The zero-order valence-electron chi connectivity index (χ0n) is 18.8. The van der Waals surface area contributed by atoms with Crippen LogP contribution in [-0.4, -0.2) is 23.9 Å². The van der Waals surface area contributed by atoms with E-state index < -0.39 is 15.9 Å². The van der Waals surface area contributed by atoms with Gasteiger partial charge in [0.05, 0.1) is 17.1 Å². The first kappa shape index (κ1) is 25.2. The highest BCUT2D eigenvalue weighted by atomic mass is 35.5. The molecule has 0 saturated heterocycles. The molecule has 0 unspecified atom stereocenters. The van der Waals surface area contributed by atoms with Gasteiger partial charge in [0.15, 0.2) is 5.15 Å². The van der Waals surface area contributed by atoms with Gasteiger partial charge in [-0.2, -0.15) is 0 Å². The van der Waals surface area contributed by atoms with Gasteiger partial charge in [0, 0.05) is 16.0 Å². The van der Waals surface area contributed by atoms with Gasteiger partial charge in [-0.25, -0.2) is 18.1 Å². The van der Waals surface area contributed by atoms with Gasteiger partial charge in [0.25, 0.3) is 15.9 Å². The Labute approximate surface area is 217 Å². The summed E-state index contributed by atoms with van der Waals surface area (Å²) >= 11 is 14.5. The summed E-state index contributed by atoms with van der Waals surface area (Å²) < 4.78 is 28.8. The fourth-order valence-electron chi connectivity index (χ4n) is 3.44. The van der Waals surface area contributed by atoms with E-state index in [2.05, 4.69) is 4.98 Å². The van der Waals surface area contributed by atoms with Crippen LogP contribution in [0.25, 0.3) is 16.5 Å². The number of hydrogen-bond donors (Lipinski definition) is 1. The third-order valence-corrected chi connectivity index (χ3v) is 8.21. The van der Waals surface area contributed by atoms with Gasteiger partial charge in [-0.1, -0.05) is 59.1 Å². The van der Waals surface area contributed by atoms with Gasteiger partial charge in [-0.15, -0.1) is 11.3 Å². The van der Waals surface area contributed by atoms with E-state index in [0.29, 0.717) is 23.1 Å². The second-order valence-electron chi connectivity index (χ2n) is 7.82. The number of aryl methyl sites for hydroxylation is 2. The van der Waals surface area contributed by atoms with E-state index in [1.54, 1.807) is 30.4 Å². The minimum Gasteiger partial charge on any atom is -0.323 e. The predicted molar refractivity (Wildman–Crippen MR) is 141 cm³/mol. The lowest BCUT2D eigenvalue weighted by Gasteiger charge is -2.11. The van der Waals surface area contributed by atoms with E-state index in [-0.39, 0.29) is 10.0 Å². The molecular weight excluding hydrogens is 525 g/mol. The molecule has 0 spiro atoms. The van der Waals surface area contributed by atoms with Crippen molar-refractivity contribution < 1.29 is 13.2 Å². The number of carbonyl (C=O) groups excluding carboxylic acids is 1. The maximum Gasteiger partial charge on any atom is 0.264 e. The second kappa shape index (κ2) is 10.4. The Hall–Kier alpha value is -2.91. The number of halogens is 2. The normalized spacial score (nSPS) is 11.8. The van der Waals surface area contributed by atoms with E-state index in [0.717, 1.165) is 27.6 Å². The van der Waals surface area contributed by atoms with E-state index >= 15 is 0 Å². The summed E-state index contributed by atoms with van der Waals surface area (Å²) in [7, 11) is -4.00. The number of rotatable bonds is 7. The van der Waals surface area contributed by atoms with Crippen molar-refractivity contribution in [3.05, 3.63) is 98.9 Å². The summed E-state index contributed by atoms with van der Waals surface area (Å²) in [5.74, 6) is -0.175. The summed E-state index contributed by atoms with van der Waals surface area (Å²) in [6, 6.07) is 16.1. The Morgan fingerprint density at radius 3 is 2.51 bits per heavy atom. The maximum atomic E-state index is 12.5. The number of nitrogens with one attached hydrogen (secondary N) is 1. The highest BCUT2D eigenvalue weighted by molar-refractivity contribution is 7.90. The zero-order chi connectivity index (χ0) is 25.2. The molecule has 2 heterocycles. The van der Waals surface area contributed by atoms with Crippen molar-refractivity contribution in [2.75, 3.05) is 0 Å². The summed E-state index contributed by atoms with van der Waals surface area (Å²) in [6.45, 7) is 4.01. The van der Waals surface area contributed by atoms with Gasteiger partial charge < -0.3 is 4.57 Å². The smallest absolute Gasteiger partial charge is 0.264 e. The van der Waals surface area contributed by atoms with Crippen molar-refractivity contribution in [3.8, 4) is 10.4 Å². The highest BCUT2D eigenvalue weighted by Crippen LogP contribution is 2.30. The predicted octanol–water partition coefficient (Wildman–Crippen LogP) is 6.10. The standard InChI is InChI=1S/C25H21Cl2N3O3S2/c1-16-5-9-20(10-6-16)35(32,33)29-24(31)12-11-22-25(27)28-17(2)30(22)15-19-8-7-18(14-21(19)26)23-4-3-13-34-23/h3-14H,15H2,1-2H3,(H,29,31). The Balaban J connectivity index is 1.54. The summed E-state index contributed by atoms with van der Waals surface area (Å²) in [6.07, 6.45) is 2.56. The van der Waals surface area contributed by atoms with Crippen molar-refractivity contribution in [2.45, 2.75) is 25.3 Å². The van der Waals surface area contributed by atoms with E-state index in [9.17, 15) is 13.2 Å². The Morgan fingerprint density at radius 2 is 1.86 bits per heavy atom. The number of sulfonamides is 1. The molecule has 0 saturated carbocycles. The minimum atomic E-state index is -4.00. The molecule has 0 aliphatic heterocycles. The summed E-state index contributed by atoms with van der Waals surface area (Å²) in [5, 5.41) is 2.80. The van der Waals surface area contributed by atoms with Crippen molar-refractivity contribution >= 4 is 56.5 Å². The molecular formula is C25H21Cl2N3O3S2. The van der Waals surface area contributed by atoms with Crippen LogP contribution in [0.4, 0.5) is 0 Å². The number of carbonyl (C=O) groups is 1. The SMILES string of the molecule is Cc1ccc(S(=O)(=O)NC(=O)C=Cc2c(Cl)nc(C)n2Cc2ccc(-c3cccs3)cc2Cl)cc1. The molecule has 4 aromatic rings. The molecule has 1 amide bonds. The molecule has 0 atom stereocenters. The van der Waals surface area contributed by atoms with Crippen LogP contribution in [0, 0.1) is 13.8 Å². The second-order valence-corrected chi connectivity index (χ2v) is 11.2. The van der Waals surface area contributed by atoms with Crippen LogP contribution in [-0.2, 0) is 21.4 Å². The van der Waals surface area contributed by atoms with Crippen LogP contribution in [0.5, 0.6) is 0 Å². The number of thiophene rings is 1. The number of aromatic nitrogens is 2. The first-order chi connectivity index (χ1) is 16.6. The van der Waals surface area contributed by atoms with Crippen LogP contribution < -0.4 is 4.72 Å². The first-order valence-electron chi connectivity index (χ1n) is 10.5. The van der Waals surface area contributed by atoms with Gasteiger partial charge >= 0.3 is 0 Å². The van der Waals surface area contributed by atoms with Crippen LogP contribution >= 0.6 is 34.5 Å². The third kappa shape index (κ3) is 5.85. The summed E-state index contributed by atoms with van der Waals surface area (Å²) in [4.78, 5) is 17.8. The number of nitrogens with zero attached hydrogens (tertiary/aromatic N) is 2. The van der Waals surface area contributed by atoms with Crippen LogP contribution in [0.15, 0.2) is 70.9 Å². The molecule has 0 aliphatic rings. The molecule has 2 aromatic carbocycles. The number of amides is 1. The van der Waals surface area contributed by atoms with Crippen molar-refractivity contribution in [1.29, 1.82) is 0 Å². The lowest BCUT2D eigenvalue weighted by Crippen LogP contribution is -2.29. The van der Waals surface area contributed by atoms with Gasteiger partial charge in [0.2, 0.25) is 0 Å². The average Bonchev–Trinajstić information content (AvgIpc) is 3.42. The van der Waals surface area contributed by atoms with Crippen LogP contribution in [0.1, 0.15) is 22.6 Å². The molecule has 1 N–H and O–H groups in total. The molecule has 2 aromatic heterocycles. The molecule has 0 fully saturated rings. The topological polar surface area (TPSA) is 81.1 Å². The van der Waals surface area contributed by atoms with Gasteiger partial charge in [-0.3, -0.25) is 4.79 Å². The van der Waals surface area contributed by atoms with Gasteiger partial charge in [-0.05, 0) is 60.7 Å². The number of imidazole rings is 1. The molecule has 0 aliphatic carbocycles. The zero-order valence-corrected chi connectivity index (χ0v) is 22.0. The molecule has 0 radical (unpaired) electrons. The average molecular weight is 547 g/mol. The van der Waals surface area contributed by atoms with Crippen molar-refractivity contribution in [1.82, 2.24) is 14.3 Å². The molecule has 6 nitrogen and oxygen atoms in total. The monoisotopic (exact) mass is 545 g/mol. The fourth-order valence-corrected chi connectivity index (χ4v) is 5.64. The number of hydrogen-bond acceptors (Lipinski definition) is 5. The van der Waals surface area contributed by atoms with Crippen LogP contribution in [0.3, 0.4) is 0 Å². The minimum absolute atomic E-state index is 0.00408. The Morgan fingerprint density at radius 1 is 1.11 bits per heavy atom. The Bertz CT molecular complexity index is 1510. The maximum absolute atomic E-state index is 12.5. The third-order valence-electron chi connectivity index (χ3n) is 5.30. The largest absolute Gasteiger partial charge is 0.323 e. The fraction of sp³-hybridized carbons (Fsp3) is 0.120. The quantitative estimate of drug-likeness (QED) is 0.284. The molecule has 35 heavy (non-hydrogen) atoms. The lowest BCUT2D eigenvalue weighted by molar-refractivity contribution is -0.114. The Kier molecular flexibility index (Phi) is 7.47. The molecule has 0 bridgehead atoms. The van der Waals surface area contributed by atoms with E-state index in [1.807, 2.05) is 51.9 Å². The lowest BCUT2D eigenvalue weighted by atomic mass is 10.1. The number of benzene rings is 2. The van der Waals surface area contributed by atoms with E-state index in [4.69, 9.17) is 23.2 Å². The van der Waals surface area contributed by atoms with Crippen molar-refractivity contribution in [3.63, 3.8) is 0 Å². The first-order valence-corrected chi connectivity index (χ1v) is 13.6. The van der Waals surface area contributed by atoms with Gasteiger partial charge in [0.1, 0.15) is 5.82 Å². The highest BCUT2D eigenvalue weighted by Gasteiger charge is 2.17.